The Morgan fingerprint density at radius 3 is 2.62 bits per heavy atom. The Morgan fingerprint density at radius 2 is 2.00 bits per heavy atom. The van der Waals surface area contributed by atoms with E-state index in [1.807, 2.05) is 13.0 Å². The van der Waals surface area contributed by atoms with Crippen molar-refractivity contribution in [3.8, 4) is 5.75 Å². The summed E-state index contributed by atoms with van der Waals surface area (Å²) >= 11 is 0. The number of aromatic nitrogens is 1. The first-order valence-electron chi connectivity index (χ1n) is 8.15. The molecular weight excluding hydrogens is 334 g/mol. The summed E-state index contributed by atoms with van der Waals surface area (Å²) in [5.74, 6) is 0.158. The van der Waals surface area contributed by atoms with Crippen LogP contribution in [-0.2, 0) is 16.1 Å². The molecule has 1 N–H and O–H groups in total. The predicted molar refractivity (Wildman–Crippen MR) is 96.6 cm³/mol. The van der Waals surface area contributed by atoms with Gasteiger partial charge in [0, 0.05) is 13.2 Å². The fourth-order valence-corrected chi connectivity index (χ4v) is 2.51. The van der Waals surface area contributed by atoms with Gasteiger partial charge in [0.2, 0.25) is 5.91 Å². The van der Waals surface area contributed by atoms with Crippen LogP contribution in [0.4, 0.5) is 0 Å². The van der Waals surface area contributed by atoms with E-state index in [1.54, 1.807) is 50.7 Å². The van der Waals surface area contributed by atoms with Crippen molar-refractivity contribution in [3.63, 3.8) is 0 Å². The second-order valence-corrected chi connectivity index (χ2v) is 5.73. The Morgan fingerprint density at radius 1 is 1.23 bits per heavy atom. The van der Waals surface area contributed by atoms with Crippen molar-refractivity contribution in [2.45, 2.75) is 19.4 Å². The monoisotopic (exact) mass is 357 g/mol. The molecule has 2 amide bonds. The van der Waals surface area contributed by atoms with Crippen LogP contribution in [0.15, 0.2) is 42.6 Å². The van der Waals surface area contributed by atoms with E-state index in [0.717, 1.165) is 11.1 Å². The van der Waals surface area contributed by atoms with E-state index >= 15 is 0 Å². The van der Waals surface area contributed by atoms with Gasteiger partial charge in [-0.1, -0.05) is 12.1 Å². The van der Waals surface area contributed by atoms with Gasteiger partial charge in [0.15, 0.2) is 0 Å². The zero-order valence-electron chi connectivity index (χ0n) is 15.4. The normalized spacial score (nSPS) is 11.5. The van der Waals surface area contributed by atoms with Crippen LogP contribution in [0.3, 0.4) is 0 Å². The third-order valence-electron chi connectivity index (χ3n) is 4.03. The molecule has 1 aromatic carbocycles. The number of methoxy groups -OCH3 is 1. The summed E-state index contributed by atoms with van der Waals surface area (Å²) in [5.41, 5.74) is 1.92. The number of benzene rings is 1. The summed E-state index contributed by atoms with van der Waals surface area (Å²) in [6.45, 7) is 1.86. The Hall–Kier alpha value is -2.93. The molecule has 0 radical (unpaired) electrons. The lowest BCUT2D eigenvalue weighted by atomic mass is 9.98. The van der Waals surface area contributed by atoms with E-state index in [4.69, 9.17) is 9.57 Å². The van der Waals surface area contributed by atoms with E-state index in [9.17, 15) is 9.59 Å². The number of nitrogens with zero attached hydrogens (tertiary/aromatic N) is 2. The maximum absolute atomic E-state index is 12.3. The standard InChI is InChI=1S/C19H23N3O4/c1-13(21-19(24)17-7-5-6-10-20-17)16-9-8-15(25-3)11-14(16)12-18(23)22(2)26-4/h5-11,13H,12H2,1-4H3,(H,21,24). The number of hydrogen-bond acceptors (Lipinski definition) is 5. The molecule has 0 saturated carbocycles. The van der Waals surface area contributed by atoms with Crippen molar-refractivity contribution in [2.75, 3.05) is 21.3 Å². The summed E-state index contributed by atoms with van der Waals surface area (Å²) in [7, 11) is 4.54. The zero-order chi connectivity index (χ0) is 19.1. The molecule has 1 heterocycles. The highest BCUT2D eigenvalue weighted by atomic mass is 16.7. The highest BCUT2D eigenvalue weighted by molar-refractivity contribution is 5.92. The lowest BCUT2D eigenvalue weighted by Gasteiger charge is -2.20. The molecule has 1 atom stereocenters. The summed E-state index contributed by atoms with van der Waals surface area (Å²) in [6.07, 6.45) is 1.69. The lowest BCUT2D eigenvalue weighted by Crippen LogP contribution is -2.30. The molecule has 0 bridgehead atoms. The predicted octanol–water partition coefficient (Wildman–Crippen LogP) is 2.14. The minimum Gasteiger partial charge on any atom is -0.497 e. The first-order valence-corrected chi connectivity index (χ1v) is 8.15. The summed E-state index contributed by atoms with van der Waals surface area (Å²) in [5, 5.41) is 4.08. The molecule has 26 heavy (non-hydrogen) atoms. The first kappa shape index (κ1) is 19.4. The quantitative estimate of drug-likeness (QED) is 0.768. The van der Waals surface area contributed by atoms with Gasteiger partial charge >= 0.3 is 0 Å². The smallest absolute Gasteiger partial charge is 0.270 e. The van der Waals surface area contributed by atoms with Gasteiger partial charge in [-0.15, -0.1) is 0 Å². The number of carbonyl (C=O) groups excluding carboxylic acids is 2. The van der Waals surface area contributed by atoms with Crippen LogP contribution < -0.4 is 10.1 Å². The van der Waals surface area contributed by atoms with Crippen molar-refractivity contribution in [1.82, 2.24) is 15.4 Å². The molecule has 2 rings (SSSR count). The number of likely N-dealkylation sites (N-methyl/N-ethyl adjacent to an activating group) is 1. The first-order chi connectivity index (χ1) is 12.5. The fraction of sp³-hybridized carbons (Fsp3) is 0.316. The molecule has 1 aromatic heterocycles. The molecule has 138 valence electrons. The fourth-order valence-electron chi connectivity index (χ4n) is 2.51. The second kappa shape index (κ2) is 8.96. The van der Waals surface area contributed by atoms with Crippen LogP contribution >= 0.6 is 0 Å². The van der Waals surface area contributed by atoms with Crippen molar-refractivity contribution >= 4 is 11.8 Å². The van der Waals surface area contributed by atoms with Crippen LogP contribution in [0, 0.1) is 0 Å². The summed E-state index contributed by atoms with van der Waals surface area (Å²) in [6, 6.07) is 10.3. The number of rotatable bonds is 7. The minimum absolute atomic E-state index is 0.126. The number of nitrogens with one attached hydrogen (secondary N) is 1. The average molecular weight is 357 g/mol. The van der Waals surface area contributed by atoms with E-state index in [2.05, 4.69) is 10.3 Å². The number of hydrogen-bond donors (Lipinski definition) is 1. The maximum atomic E-state index is 12.3. The van der Waals surface area contributed by atoms with Gasteiger partial charge in [-0.3, -0.25) is 19.4 Å². The molecule has 0 fully saturated rings. The Balaban J connectivity index is 2.23. The summed E-state index contributed by atoms with van der Waals surface area (Å²) < 4.78 is 5.25. The third-order valence-corrected chi connectivity index (χ3v) is 4.03. The molecule has 7 heteroatoms. The maximum Gasteiger partial charge on any atom is 0.270 e. The van der Waals surface area contributed by atoms with Crippen LogP contribution in [0.25, 0.3) is 0 Å². The molecule has 2 aromatic rings. The highest BCUT2D eigenvalue weighted by Crippen LogP contribution is 2.24. The molecule has 0 aliphatic heterocycles. The number of ether oxygens (including phenoxy) is 1. The van der Waals surface area contributed by atoms with Gasteiger partial charge in [-0.25, -0.2) is 5.06 Å². The zero-order valence-corrected chi connectivity index (χ0v) is 15.4. The van der Waals surface area contributed by atoms with Crippen molar-refractivity contribution in [2.24, 2.45) is 0 Å². The van der Waals surface area contributed by atoms with E-state index < -0.39 is 0 Å². The topological polar surface area (TPSA) is 80.8 Å². The van der Waals surface area contributed by atoms with Gasteiger partial charge < -0.3 is 10.1 Å². The molecule has 0 aliphatic carbocycles. The molecule has 0 spiro atoms. The van der Waals surface area contributed by atoms with E-state index in [-0.39, 0.29) is 24.3 Å². The van der Waals surface area contributed by atoms with Crippen LogP contribution in [0.2, 0.25) is 0 Å². The average Bonchev–Trinajstić information content (AvgIpc) is 2.67. The molecule has 0 saturated heterocycles. The van der Waals surface area contributed by atoms with Crippen molar-refractivity contribution < 1.29 is 19.2 Å². The SMILES string of the molecule is COc1ccc(C(C)NC(=O)c2ccccn2)c(CC(=O)N(C)OC)c1. The molecule has 1 unspecified atom stereocenters. The number of pyridine rings is 1. The number of hydroxylamine groups is 2. The van der Waals surface area contributed by atoms with Crippen LogP contribution in [-0.4, -0.2) is 43.1 Å². The number of carbonyl (C=O) groups is 2. The highest BCUT2D eigenvalue weighted by Gasteiger charge is 2.19. The largest absolute Gasteiger partial charge is 0.497 e. The molecule has 7 nitrogen and oxygen atoms in total. The van der Waals surface area contributed by atoms with Crippen molar-refractivity contribution in [3.05, 3.63) is 59.4 Å². The Labute approximate surface area is 152 Å². The number of amides is 2. The second-order valence-electron chi connectivity index (χ2n) is 5.73. The van der Waals surface area contributed by atoms with E-state index in [0.29, 0.717) is 11.4 Å². The molecule has 0 aliphatic rings. The van der Waals surface area contributed by atoms with Gasteiger partial charge in [0.1, 0.15) is 11.4 Å². The molecular formula is C19H23N3O4. The van der Waals surface area contributed by atoms with Gasteiger partial charge in [-0.05, 0) is 42.3 Å². The van der Waals surface area contributed by atoms with Crippen LogP contribution in [0.1, 0.15) is 34.6 Å². The summed E-state index contributed by atoms with van der Waals surface area (Å²) in [4.78, 5) is 33.6. The lowest BCUT2D eigenvalue weighted by molar-refractivity contribution is -0.167. The van der Waals surface area contributed by atoms with Gasteiger partial charge in [0.25, 0.3) is 5.91 Å². The van der Waals surface area contributed by atoms with Crippen molar-refractivity contribution in [1.29, 1.82) is 0 Å². The Bertz CT molecular complexity index is 765. The van der Waals surface area contributed by atoms with E-state index in [1.165, 1.54) is 12.2 Å². The minimum atomic E-state index is -0.314. The van der Waals surface area contributed by atoms with Gasteiger partial charge in [0.05, 0.1) is 26.7 Å². The van der Waals surface area contributed by atoms with Gasteiger partial charge in [-0.2, -0.15) is 0 Å². The van der Waals surface area contributed by atoms with Crippen LogP contribution in [0.5, 0.6) is 5.75 Å². The Kier molecular flexibility index (Phi) is 6.68. The third kappa shape index (κ3) is 4.80.